The lowest BCUT2D eigenvalue weighted by molar-refractivity contribution is -0.247. The van der Waals surface area contributed by atoms with Crippen molar-refractivity contribution >= 4 is 22.9 Å². The van der Waals surface area contributed by atoms with Crippen molar-refractivity contribution in [1.29, 1.82) is 0 Å². The second kappa shape index (κ2) is 16.9. The standard InChI is InChI=1S/C33H49N7O9/c1-7-27-26(43)14-29(48-27)40-15-24(30-21(4)34-18-35-32(30)40)25-16-39(38-37-25)8-9-44-10-11-45-12-13-46-33-31(36-22(5)41)20(3)19(2)28(49-33)17-47-23(6)42/h15-16,18-20,26-29,31,33,43H,7-14,17H2,1-6H3,(H,36,41)/t19?,20?,26?,27-,28?,29-,31?,33?/m1/s1. The van der Waals surface area contributed by atoms with E-state index >= 15 is 0 Å². The fraction of sp³-hybridized carbons (Fsp3) is 0.697. The van der Waals surface area contributed by atoms with Gasteiger partial charge in [0.05, 0.1) is 75.8 Å². The zero-order valence-electron chi connectivity index (χ0n) is 29.1. The van der Waals surface area contributed by atoms with E-state index in [2.05, 4.69) is 25.6 Å². The van der Waals surface area contributed by atoms with Gasteiger partial charge in [-0.25, -0.2) is 14.6 Å². The van der Waals surface area contributed by atoms with Crippen molar-refractivity contribution < 1.29 is 43.1 Å². The number of nitrogens with zero attached hydrogens (tertiary/aromatic N) is 6. The molecule has 2 saturated heterocycles. The summed E-state index contributed by atoms with van der Waals surface area (Å²) in [5, 5.41) is 22.9. The summed E-state index contributed by atoms with van der Waals surface area (Å²) >= 11 is 0. The number of hydrogen-bond acceptors (Lipinski definition) is 13. The fourth-order valence-electron chi connectivity index (χ4n) is 6.40. The molecule has 0 radical (unpaired) electrons. The molecular formula is C33H49N7O9. The second-order valence-corrected chi connectivity index (χ2v) is 12.7. The third-order valence-electron chi connectivity index (χ3n) is 9.28. The Bertz CT molecular complexity index is 1550. The van der Waals surface area contributed by atoms with Gasteiger partial charge in [0.25, 0.3) is 0 Å². The molecule has 2 N–H and O–H groups in total. The van der Waals surface area contributed by atoms with Crippen molar-refractivity contribution in [2.75, 3.05) is 39.6 Å². The summed E-state index contributed by atoms with van der Waals surface area (Å²) < 4.78 is 38.5. The van der Waals surface area contributed by atoms with E-state index in [1.807, 2.05) is 44.7 Å². The molecule has 270 valence electrons. The number of carbonyl (C=O) groups excluding carboxylic acids is 2. The highest BCUT2D eigenvalue weighted by Crippen LogP contribution is 2.37. The smallest absolute Gasteiger partial charge is 0.302 e. The molecule has 0 spiro atoms. The Morgan fingerprint density at radius 3 is 2.49 bits per heavy atom. The van der Waals surface area contributed by atoms with Crippen molar-refractivity contribution in [2.45, 2.75) is 97.8 Å². The van der Waals surface area contributed by atoms with Gasteiger partial charge in [-0.3, -0.25) is 9.59 Å². The van der Waals surface area contributed by atoms with E-state index in [4.69, 9.17) is 28.4 Å². The molecule has 0 saturated carbocycles. The van der Waals surface area contributed by atoms with Crippen LogP contribution in [0.2, 0.25) is 0 Å². The van der Waals surface area contributed by atoms with Crippen LogP contribution < -0.4 is 5.32 Å². The van der Waals surface area contributed by atoms with Crippen LogP contribution in [0.1, 0.15) is 59.4 Å². The predicted molar refractivity (Wildman–Crippen MR) is 175 cm³/mol. The van der Waals surface area contributed by atoms with Gasteiger partial charge < -0.3 is 43.4 Å². The molecule has 2 aliphatic rings. The molecule has 5 rings (SSSR count). The van der Waals surface area contributed by atoms with E-state index < -0.39 is 12.4 Å². The SMILES string of the molecule is CC[C@H]1O[C@@H](n2cc(-c3cn(CCOCCOCCOC4OC(COC(C)=O)C(C)C(C)C4NC(C)=O)nn3)c3c(C)ncnc32)CC1O. The first-order chi connectivity index (χ1) is 23.6. The normalized spacial score (nSPS) is 27.1. The lowest BCUT2D eigenvalue weighted by Gasteiger charge is -2.44. The average molecular weight is 688 g/mol. The van der Waals surface area contributed by atoms with Gasteiger partial charge in [-0.15, -0.1) is 5.10 Å². The van der Waals surface area contributed by atoms with E-state index in [9.17, 15) is 14.7 Å². The summed E-state index contributed by atoms with van der Waals surface area (Å²) in [6.45, 7) is 13.1. The maximum atomic E-state index is 11.8. The molecular weight excluding hydrogens is 638 g/mol. The summed E-state index contributed by atoms with van der Waals surface area (Å²) in [4.78, 5) is 32.1. The molecule has 0 bridgehead atoms. The van der Waals surface area contributed by atoms with E-state index in [1.54, 1.807) is 4.68 Å². The number of aliphatic hydroxyl groups is 1. The molecule has 5 heterocycles. The van der Waals surface area contributed by atoms with Gasteiger partial charge in [0, 0.05) is 37.4 Å². The Hall–Kier alpha value is -3.54. The minimum absolute atomic E-state index is 0.0345. The lowest BCUT2D eigenvalue weighted by atomic mass is 9.82. The third kappa shape index (κ3) is 8.98. The van der Waals surface area contributed by atoms with Crippen LogP contribution in [-0.2, 0) is 44.6 Å². The van der Waals surface area contributed by atoms with Crippen molar-refractivity contribution in [1.82, 2.24) is 34.8 Å². The first-order valence-corrected chi connectivity index (χ1v) is 17.0. The molecule has 0 aliphatic carbocycles. The number of ether oxygens (including phenoxy) is 6. The zero-order valence-corrected chi connectivity index (χ0v) is 29.1. The van der Waals surface area contributed by atoms with Gasteiger partial charge >= 0.3 is 5.97 Å². The minimum Gasteiger partial charge on any atom is -0.463 e. The van der Waals surface area contributed by atoms with Crippen LogP contribution in [0, 0.1) is 18.8 Å². The van der Waals surface area contributed by atoms with Gasteiger partial charge in [0.2, 0.25) is 5.91 Å². The Kier molecular flexibility index (Phi) is 12.7. The van der Waals surface area contributed by atoms with Gasteiger partial charge in [-0.05, 0) is 25.2 Å². The van der Waals surface area contributed by atoms with Crippen LogP contribution in [0.4, 0.5) is 0 Å². The Labute approximate surface area is 285 Å². The Morgan fingerprint density at radius 2 is 1.78 bits per heavy atom. The second-order valence-electron chi connectivity index (χ2n) is 12.7. The molecule has 49 heavy (non-hydrogen) atoms. The van der Waals surface area contributed by atoms with Gasteiger partial charge in [0.1, 0.15) is 30.5 Å². The van der Waals surface area contributed by atoms with Crippen LogP contribution in [0.25, 0.3) is 22.3 Å². The molecule has 2 aliphatic heterocycles. The summed E-state index contributed by atoms with van der Waals surface area (Å²) in [6.07, 6.45) is 4.44. The molecule has 8 atom stereocenters. The summed E-state index contributed by atoms with van der Waals surface area (Å²) in [6, 6.07) is -0.346. The maximum absolute atomic E-state index is 11.8. The molecule has 1 amide bonds. The summed E-state index contributed by atoms with van der Waals surface area (Å²) in [5.41, 5.74) is 3.07. The van der Waals surface area contributed by atoms with Crippen LogP contribution in [-0.4, -0.2) is 117 Å². The number of nitrogens with one attached hydrogen (secondary N) is 1. The van der Waals surface area contributed by atoms with E-state index in [0.717, 1.165) is 28.7 Å². The lowest BCUT2D eigenvalue weighted by Crippen LogP contribution is -2.58. The number of aliphatic hydroxyl groups excluding tert-OH is 1. The molecule has 2 fully saturated rings. The van der Waals surface area contributed by atoms with Gasteiger partial charge in [-0.1, -0.05) is 26.0 Å². The molecule has 0 aromatic carbocycles. The quantitative estimate of drug-likeness (QED) is 0.165. The van der Waals surface area contributed by atoms with Crippen molar-refractivity contribution in [3.05, 3.63) is 24.4 Å². The number of esters is 1. The number of fused-ring (bicyclic) bond motifs is 1. The first-order valence-electron chi connectivity index (χ1n) is 17.0. The number of rotatable bonds is 16. The highest BCUT2D eigenvalue weighted by molar-refractivity contribution is 5.94. The van der Waals surface area contributed by atoms with Crippen LogP contribution in [0.15, 0.2) is 18.7 Å². The average Bonchev–Trinajstić information content (AvgIpc) is 3.79. The van der Waals surface area contributed by atoms with Gasteiger partial charge in [0.15, 0.2) is 6.29 Å². The van der Waals surface area contributed by atoms with Crippen LogP contribution >= 0.6 is 0 Å². The number of aromatic nitrogens is 6. The van der Waals surface area contributed by atoms with E-state index in [1.165, 1.54) is 20.2 Å². The molecule has 16 heteroatoms. The first kappa shape index (κ1) is 36.7. The topological polar surface area (TPSA) is 183 Å². The monoisotopic (exact) mass is 687 g/mol. The molecule has 3 aromatic rings. The molecule has 3 aromatic heterocycles. The Morgan fingerprint density at radius 1 is 1.02 bits per heavy atom. The Balaban J connectivity index is 1.05. The van der Waals surface area contributed by atoms with Gasteiger partial charge in [-0.2, -0.15) is 0 Å². The highest BCUT2D eigenvalue weighted by atomic mass is 16.7. The van der Waals surface area contributed by atoms with E-state index in [0.29, 0.717) is 45.1 Å². The maximum Gasteiger partial charge on any atom is 0.302 e. The molecule has 16 nitrogen and oxygen atoms in total. The predicted octanol–water partition coefficient (Wildman–Crippen LogP) is 2.17. The third-order valence-corrected chi connectivity index (χ3v) is 9.28. The number of aryl methyl sites for hydroxylation is 1. The van der Waals surface area contributed by atoms with Crippen LogP contribution in [0.5, 0.6) is 0 Å². The number of carbonyl (C=O) groups is 2. The van der Waals surface area contributed by atoms with Crippen molar-refractivity contribution in [3.63, 3.8) is 0 Å². The largest absolute Gasteiger partial charge is 0.463 e. The van der Waals surface area contributed by atoms with Crippen molar-refractivity contribution in [2.24, 2.45) is 11.8 Å². The van der Waals surface area contributed by atoms with E-state index in [-0.39, 0.29) is 61.4 Å². The summed E-state index contributed by atoms with van der Waals surface area (Å²) in [5.74, 6) is -0.476. The number of amides is 1. The van der Waals surface area contributed by atoms with Crippen molar-refractivity contribution in [3.8, 4) is 11.3 Å². The highest BCUT2D eigenvalue weighted by Gasteiger charge is 2.43. The fourth-order valence-corrected chi connectivity index (χ4v) is 6.40. The van der Waals surface area contributed by atoms with Crippen LogP contribution in [0.3, 0.4) is 0 Å². The number of hydrogen-bond donors (Lipinski definition) is 2. The molecule has 6 unspecified atom stereocenters. The zero-order chi connectivity index (χ0) is 35.1. The minimum atomic E-state index is -0.701. The summed E-state index contributed by atoms with van der Waals surface area (Å²) in [7, 11) is 0.